The molecule has 248 valence electrons. The third kappa shape index (κ3) is 8.71. The third-order valence-corrected chi connectivity index (χ3v) is 10.7. The molecule has 0 saturated carbocycles. The van der Waals surface area contributed by atoms with Gasteiger partial charge in [0.2, 0.25) is 0 Å². The van der Waals surface area contributed by atoms with Crippen LogP contribution in [0.25, 0.3) is 10.2 Å². The lowest BCUT2D eigenvalue weighted by Gasteiger charge is -2.31. The van der Waals surface area contributed by atoms with E-state index in [-0.39, 0.29) is 18.0 Å². The minimum Gasteiger partial charge on any atom is -0.455 e. The molecule has 0 saturated heterocycles. The number of carbonyl (C=O) groups excluding carboxylic acids is 3. The second kappa shape index (κ2) is 14.5. The molecule has 5 rings (SSSR count). The van der Waals surface area contributed by atoms with Crippen LogP contribution in [-0.2, 0) is 40.4 Å². The summed E-state index contributed by atoms with van der Waals surface area (Å²) in [7, 11) is -1.24. The van der Waals surface area contributed by atoms with Gasteiger partial charge in [-0.1, -0.05) is 61.3 Å². The summed E-state index contributed by atoms with van der Waals surface area (Å²) in [6.07, 6.45) is 2.23. The molecule has 0 aliphatic carbocycles. The number of fused-ring (bicyclic) bond motifs is 2. The molecular formula is C36H44N4O5SSi. The van der Waals surface area contributed by atoms with E-state index in [1.807, 2.05) is 73.9 Å². The Kier molecular flexibility index (Phi) is 10.6. The molecule has 1 aliphatic heterocycles. The van der Waals surface area contributed by atoms with Gasteiger partial charge in [0.05, 0.1) is 10.2 Å². The summed E-state index contributed by atoms with van der Waals surface area (Å²) >= 11 is 1.48. The summed E-state index contributed by atoms with van der Waals surface area (Å²) in [5, 5.41) is 0. The van der Waals surface area contributed by atoms with Gasteiger partial charge in [-0.3, -0.25) is 9.36 Å². The van der Waals surface area contributed by atoms with Gasteiger partial charge in [-0.15, -0.1) is 0 Å². The van der Waals surface area contributed by atoms with Gasteiger partial charge < -0.3 is 19.2 Å². The van der Waals surface area contributed by atoms with Gasteiger partial charge in [0.15, 0.2) is 10.5 Å². The Morgan fingerprint density at radius 2 is 1.85 bits per heavy atom. The summed E-state index contributed by atoms with van der Waals surface area (Å²) in [6.45, 7) is 14.5. The van der Waals surface area contributed by atoms with E-state index in [0.29, 0.717) is 61.0 Å². The van der Waals surface area contributed by atoms with Gasteiger partial charge >= 0.3 is 5.97 Å². The number of nitrogens with zero attached hydrogens (tertiary/aromatic N) is 4. The molecule has 0 radical (unpaired) electrons. The Labute approximate surface area is 281 Å². The Hall–Kier alpha value is -3.93. The lowest BCUT2D eigenvalue weighted by atomic mass is 9.94. The van der Waals surface area contributed by atoms with Crippen LogP contribution in [0.5, 0.6) is 0 Å². The zero-order chi connectivity index (χ0) is 33.8. The molecule has 3 heterocycles. The molecule has 0 atom stereocenters. The van der Waals surface area contributed by atoms with Gasteiger partial charge in [0.1, 0.15) is 24.4 Å². The van der Waals surface area contributed by atoms with Crippen LogP contribution in [0.2, 0.25) is 25.7 Å². The highest BCUT2D eigenvalue weighted by Gasteiger charge is 2.26. The highest BCUT2D eigenvalue weighted by Crippen LogP contribution is 2.28. The predicted octanol–water partition coefficient (Wildman–Crippen LogP) is 6.80. The summed E-state index contributed by atoms with van der Waals surface area (Å²) in [5.41, 5.74) is 3.72. The van der Waals surface area contributed by atoms with Gasteiger partial charge in [-0.2, -0.15) is 4.99 Å². The topological polar surface area (TPSA) is 103 Å². The van der Waals surface area contributed by atoms with E-state index < -0.39 is 19.6 Å². The molecule has 1 aliphatic rings. The highest BCUT2D eigenvalue weighted by atomic mass is 32.1. The Balaban J connectivity index is 1.45. The normalized spacial score (nSPS) is 13.9. The van der Waals surface area contributed by atoms with Crippen LogP contribution >= 0.6 is 11.3 Å². The number of ether oxygens (including phenoxy) is 2. The Morgan fingerprint density at radius 1 is 1.06 bits per heavy atom. The number of hydrogen-bond acceptors (Lipinski definition) is 8. The van der Waals surface area contributed by atoms with Crippen LogP contribution in [0.1, 0.15) is 64.7 Å². The lowest BCUT2D eigenvalue weighted by Crippen LogP contribution is -2.33. The molecule has 2 aromatic heterocycles. The van der Waals surface area contributed by atoms with E-state index in [9.17, 15) is 14.4 Å². The largest absolute Gasteiger partial charge is 0.455 e. The molecule has 1 amide bonds. The summed E-state index contributed by atoms with van der Waals surface area (Å²) in [6, 6.07) is 18.6. The van der Waals surface area contributed by atoms with Crippen molar-refractivity contribution in [3.05, 3.63) is 87.3 Å². The number of thiazole rings is 1. The molecule has 0 unspecified atom stereocenters. The van der Waals surface area contributed by atoms with Crippen LogP contribution in [0.15, 0.2) is 59.6 Å². The number of amides is 1. The van der Waals surface area contributed by atoms with E-state index in [4.69, 9.17) is 14.5 Å². The number of aryl methyl sites for hydroxylation is 1. The first-order chi connectivity index (χ1) is 22.3. The third-order valence-electron chi connectivity index (χ3n) is 7.92. The number of esters is 1. The Morgan fingerprint density at radius 3 is 2.60 bits per heavy atom. The summed E-state index contributed by atoms with van der Waals surface area (Å²) in [4.78, 5) is 50.2. The SMILES string of the molecule is CC(C)(C)OC(=O)c1nc(N2CCc3cccc(C(=O)/N=c4/sc5ccccc5n4COCC[Si](C)(C)C)c3C2)ccc1CCC=O. The minimum atomic E-state index is -1.24. The molecule has 9 nitrogen and oxygen atoms in total. The quantitative estimate of drug-likeness (QED) is 0.0747. The van der Waals surface area contributed by atoms with Crippen molar-refractivity contribution in [1.82, 2.24) is 9.55 Å². The van der Waals surface area contributed by atoms with Crippen molar-refractivity contribution in [2.45, 2.75) is 84.6 Å². The van der Waals surface area contributed by atoms with Crippen molar-refractivity contribution in [3.8, 4) is 0 Å². The minimum absolute atomic E-state index is 0.214. The first kappa shape index (κ1) is 34.4. The number of carbonyl (C=O) groups is 3. The molecule has 4 aromatic rings. The maximum absolute atomic E-state index is 13.9. The van der Waals surface area contributed by atoms with Gasteiger partial charge in [-0.25, -0.2) is 9.78 Å². The van der Waals surface area contributed by atoms with Crippen molar-refractivity contribution in [2.24, 2.45) is 4.99 Å². The number of anilines is 1. The van der Waals surface area contributed by atoms with Crippen LogP contribution < -0.4 is 9.70 Å². The molecule has 11 heteroatoms. The maximum atomic E-state index is 13.9. The average molecular weight is 673 g/mol. The fourth-order valence-corrected chi connectivity index (χ4v) is 7.23. The second-order valence-corrected chi connectivity index (χ2v) is 20.7. The molecule has 0 N–H and O–H groups in total. The first-order valence-electron chi connectivity index (χ1n) is 16.1. The smallest absolute Gasteiger partial charge is 0.357 e. The van der Waals surface area contributed by atoms with Crippen LogP contribution in [-0.4, -0.2) is 54.5 Å². The van der Waals surface area contributed by atoms with Gasteiger partial charge in [0.25, 0.3) is 5.91 Å². The van der Waals surface area contributed by atoms with E-state index in [2.05, 4.69) is 35.6 Å². The van der Waals surface area contributed by atoms with Gasteiger partial charge in [0, 0.05) is 39.8 Å². The lowest BCUT2D eigenvalue weighted by molar-refractivity contribution is -0.107. The van der Waals surface area contributed by atoms with E-state index in [1.54, 1.807) is 0 Å². The van der Waals surface area contributed by atoms with Crippen molar-refractivity contribution >= 4 is 53.6 Å². The standard InChI is InChI=1S/C36H44N4O5SSi/c1-36(2,3)45-34(43)32-26(12-10-20-41)16-17-31(37-32)39-19-18-25-11-9-13-27(28(25)23-39)33(42)38-35-40(24-44-21-22-47(4,5)6)29-14-7-8-15-30(29)46-35/h7-9,11,13-17,20H,10,12,18-19,21-24H2,1-6H3/b38-35+. The average Bonchev–Trinajstić information content (AvgIpc) is 3.36. The maximum Gasteiger partial charge on any atom is 0.357 e. The number of hydrogen-bond donors (Lipinski definition) is 0. The molecule has 0 fully saturated rings. The van der Waals surface area contributed by atoms with E-state index in [0.717, 1.165) is 33.7 Å². The number of benzene rings is 2. The highest BCUT2D eigenvalue weighted by molar-refractivity contribution is 7.16. The van der Waals surface area contributed by atoms with Crippen LogP contribution in [0, 0.1) is 0 Å². The van der Waals surface area contributed by atoms with Crippen molar-refractivity contribution in [1.29, 1.82) is 0 Å². The van der Waals surface area contributed by atoms with Crippen molar-refractivity contribution in [3.63, 3.8) is 0 Å². The summed E-state index contributed by atoms with van der Waals surface area (Å²) in [5.74, 6) is -0.213. The number of rotatable bonds is 11. The zero-order valence-corrected chi connectivity index (χ0v) is 30.0. The first-order valence-corrected chi connectivity index (χ1v) is 20.6. The molecular weight excluding hydrogens is 629 g/mol. The zero-order valence-electron chi connectivity index (χ0n) is 28.2. The number of pyridine rings is 1. The number of para-hydroxylation sites is 1. The predicted molar refractivity (Wildman–Crippen MR) is 189 cm³/mol. The second-order valence-electron chi connectivity index (χ2n) is 14.0. The van der Waals surface area contributed by atoms with Crippen LogP contribution in [0.3, 0.4) is 0 Å². The van der Waals surface area contributed by atoms with E-state index in [1.165, 1.54) is 11.3 Å². The van der Waals surface area contributed by atoms with Crippen molar-refractivity contribution in [2.75, 3.05) is 18.1 Å². The Bertz CT molecular complexity index is 1850. The molecule has 0 bridgehead atoms. The fourth-order valence-electron chi connectivity index (χ4n) is 5.46. The molecule has 2 aromatic carbocycles. The molecule has 0 spiro atoms. The van der Waals surface area contributed by atoms with Crippen molar-refractivity contribution < 1.29 is 23.9 Å². The van der Waals surface area contributed by atoms with E-state index >= 15 is 0 Å². The van der Waals surface area contributed by atoms with Crippen LogP contribution in [0.4, 0.5) is 5.82 Å². The number of aromatic nitrogens is 2. The fraction of sp³-hybridized carbons (Fsp3) is 0.417. The van der Waals surface area contributed by atoms with Gasteiger partial charge in [-0.05, 0) is 80.6 Å². The summed E-state index contributed by atoms with van der Waals surface area (Å²) < 4.78 is 14.8. The monoisotopic (exact) mass is 672 g/mol. The molecule has 47 heavy (non-hydrogen) atoms. The number of aldehydes is 1.